The van der Waals surface area contributed by atoms with E-state index in [4.69, 9.17) is 4.74 Å². The fraction of sp³-hybridized carbons (Fsp3) is 0.368. The molecule has 1 atom stereocenters. The van der Waals surface area contributed by atoms with Gasteiger partial charge in [-0.3, -0.25) is 4.79 Å². The molecule has 5 heteroatoms. The fourth-order valence-electron chi connectivity index (χ4n) is 2.32. The first-order valence-corrected chi connectivity index (χ1v) is 8.92. The summed E-state index contributed by atoms with van der Waals surface area (Å²) < 4.78 is 6.21. The van der Waals surface area contributed by atoms with E-state index in [0.29, 0.717) is 10.2 Å². The van der Waals surface area contributed by atoms with Crippen molar-refractivity contribution in [1.82, 2.24) is 10.3 Å². The van der Waals surface area contributed by atoms with Crippen LogP contribution in [0.3, 0.4) is 0 Å². The lowest BCUT2D eigenvalue weighted by atomic mass is 10.1. The molecule has 4 nitrogen and oxygen atoms in total. The van der Waals surface area contributed by atoms with Crippen molar-refractivity contribution >= 4 is 21.8 Å². The molecule has 2 aromatic rings. The Balaban J connectivity index is 1.83. The normalized spacial score (nSPS) is 12.0. The number of benzene rings is 1. The number of hydrogen-bond acceptors (Lipinski definition) is 3. The Morgan fingerprint density at radius 1 is 1.21 bits per heavy atom. The average molecular weight is 391 g/mol. The second-order valence-corrected chi connectivity index (χ2v) is 6.82. The van der Waals surface area contributed by atoms with Crippen LogP contribution in [-0.4, -0.2) is 23.0 Å². The zero-order valence-electron chi connectivity index (χ0n) is 14.3. The van der Waals surface area contributed by atoms with E-state index in [-0.39, 0.29) is 18.1 Å². The molecule has 128 valence electrons. The van der Waals surface area contributed by atoms with Gasteiger partial charge >= 0.3 is 0 Å². The van der Waals surface area contributed by atoms with Crippen molar-refractivity contribution in [2.24, 2.45) is 0 Å². The summed E-state index contributed by atoms with van der Waals surface area (Å²) in [6.07, 6.45) is 3.60. The Hall–Kier alpha value is -1.88. The Morgan fingerprint density at radius 3 is 2.54 bits per heavy atom. The number of carbonyl (C=O) groups excluding carboxylic acids is 1. The minimum absolute atomic E-state index is 0.0798. The number of aromatic nitrogens is 1. The van der Waals surface area contributed by atoms with Gasteiger partial charge in [-0.1, -0.05) is 12.1 Å². The number of ether oxygens (including phenoxy) is 1. The Kier molecular flexibility index (Phi) is 6.79. The number of nitrogens with zero attached hydrogens (tertiary/aromatic N) is 1. The summed E-state index contributed by atoms with van der Waals surface area (Å²) in [4.78, 5) is 16.3. The molecule has 1 unspecified atom stereocenters. The molecule has 0 aliphatic carbocycles. The van der Waals surface area contributed by atoms with E-state index < -0.39 is 0 Å². The fourth-order valence-corrected chi connectivity index (χ4v) is 2.75. The van der Waals surface area contributed by atoms with Crippen LogP contribution in [0.15, 0.2) is 47.2 Å². The SMILES string of the molecule is CC(CCc1ccc(OC(C)C)cc1)NC(=O)c1cccnc1Br. The molecule has 0 bridgehead atoms. The second kappa shape index (κ2) is 8.83. The summed E-state index contributed by atoms with van der Waals surface area (Å²) in [5, 5.41) is 3.01. The highest BCUT2D eigenvalue weighted by Crippen LogP contribution is 2.16. The minimum Gasteiger partial charge on any atom is -0.491 e. The molecule has 0 saturated carbocycles. The third-order valence-corrected chi connectivity index (χ3v) is 4.17. The van der Waals surface area contributed by atoms with Gasteiger partial charge in [-0.05, 0) is 79.4 Å². The molecule has 0 spiro atoms. The first-order valence-electron chi connectivity index (χ1n) is 8.12. The van der Waals surface area contributed by atoms with E-state index in [1.807, 2.05) is 32.9 Å². The highest BCUT2D eigenvalue weighted by atomic mass is 79.9. The molecule has 0 aliphatic rings. The van der Waals surface area contributed by atoms with Gasteiger partial charge in [0.2, 0.25) is 0 Å². The van der Waals surface area contributed by atoms with Gasteiger partial charge in [-0.2, -0.15) is 0 Å². The molecule has 1 amide bonds. The molecule has 1 aromatic carbocycles. The van der Waals surface area contributed by atoms with Gasteiger partial charge in [0.05, 0.1) is 11.7 Å². The van der Waals surface area contributed by atoms with Crippen LogP contribution in [0, 0.1) is 0 Å². The lowest BCUT2D eigenvalue weighted by molar-refractivity contribution is 0.0937. The van der Waals surface area contributed by atoms with Crippen molar-refractivity contribution in [2.75, 3.05) is 0 Å². The second-order valence-electron chi connectivity index (χ2n) is 6.07. The van der Waals surface area contributed by atoms with Gasteiger partial charge in [0.25, 0.3) is 5.91 Å². The quantitative estimate of drug-likeness (QED) is 0.713. The number of rotatable bonds is 7. The van der Waals surface area contributed by atoms with E-state index in [0.717, 1.165) is 18.6 Å². The van der Waals surface area contributed by atoms with Gasteiger partial charge in [0, 0.05) is 12.2 Å². The van der Waals surface area contributed by atoms with Crippen molar-refractivity contribution in [3.63, 3.8) is 0 Å². The number of hydrogen-bond donors (Lipinski definition) is 1. The largest absolute Gasteiger partial charge is 0.491 e. The summed E-state index contributed by atoms with van der Waals surface area (Å²) in [5.41, 5.74) is 1.79. The summed E-state index contributed by atoms with van der Waals surface area (Å²) in [6, 6.07) is 11.7. The Morgan fingerprint density at radius 2 is 1.92 bits per heavy atom. The topological polar surface area (TPSA) is 51.2 Å². The first kappa shape index (κ1) is 18.5. The zero-order chi connectivity index (χ0) is 17.5. The van der Waals surface area contributed by atoms with Crippen molar-refractivity contribution in [3.05, 3.63) is 58.3 Å². The standard InChI is InChI=1S/C19H23BrN2O2/c1-13(2)24-16-10-8-15(9-11-16)7-6-14(3)22-19(23)17-5-4-12-21-18(17)20/h4-5,8-14H,6-7H2,1-3H3,(H,22,23). The lowest BCUT2D eigenvalue weighted by Crippen LogP contribution is -2.33. The van der Waals surface area contributed by atoms with Crippen LogP contribution in [0.1, 0.15) is 43.1 Å². The van der Waals surface area contributed by atoms with Crippen molar-refractivity contribution in [2.45, 2.75) is 45.8 Å². The minimum atomic E-state index is -0.108. The predicted molar refractivity (Wildman–Crippen MR) is 99.4 cm³/mol. The summed E-state index contributed by atoms with van der Waals surface area (Å²) in [6.45, 7) is 6.04. The van der Waals surface area contributed by atoms with Gasteiger partial charge < -0.3 is 10.1 Å². The molecule has 1 N–H and O–H groups in total. The third-order valence-electron chi connectivity index (χ3n) is 3.54. The molecule has 0 radical (unpaired) electrons. The number of carbonyl (C=O) groups is 1. The Labute approximate surface area is 151 Å². The molecule has 0 fully saturated rings. The maximum absolute atomic E-state index is 12.2. The van der Waals surface area contributed by atoms with Gasteiger partial charge in [0.15, 0.2) is 0 Å². The van der Waals surface area contributed by atoms with Crippen molar-refractivity contribution in [1.29, 1.82) is 0 Å². The number of pyridine rings is 1. The maximum Gasteiger partial charge on any atom is 0.254 e. The third kappa shape index (κ3) is 5.64. The summed E-state index contributed by atoms with van der Waals surface area (Å²) >= 11 is 3.30. The molecular formula is C19H23BrN2O2. The van der Waals surface area contributed by atoms with E-state index >= 15 is 0 Å². The molecule has 1 heterocycles. The Bertz CT molecular complexity index is 671. The number of amides is 1. The predicted octanol–water partition coefficient (Wildman–Crippen LogP) is 4.38. The van der Waals surface area contributed by atoms with Gasteiger partial charge in [0.1, 0.15) is 10.4 Å². The first-order chi connectivity index (χ1) is 11.5. The lowest BCUT2D eigenvalue weighted by Gasteiger charge is -2.15. The van der Waals surface area contributed by atoms with Crippen LogP contribution in [0.25, 0.3) is 0 Å². The number of nitrogens with one attached hydrogen (secondary N) is 1. The monoisotopic (exact) mass is 390 g/mol. The number of halogens is 1. The molecule has 0 aliphatic heterocycles. The zero-order valence-corrected chi connectivity index (χ0v) is 15.8. The van der Waals surface area contributed by atoms with E-state index in [2.05, 4.69) is 38.4 Å². The molecule has 2 rings (SSSR count). The highest BCUT2D eigenvalue weighted by Gasteiger charge is 2.13. The average Bonchev–Trinajstić information content (AvgIpc) is 2.54. The van der Waals surface area contributed by atoms with E-state index in [1.165, 1.54) is 5.56 Å². The van der Waals surface area contributed by atoms with Gasteiger partial charge in [-0.25, -0.2) is 4.98 Å². The summed E-state index contributed by atoms with van der Waals surface area (Å²) in [5.74, 6) is 0.777. The summed E-state index contributed by atoms with van der Waals surface area (Å²) in [7, 11) is 0. The van der Waals surface area contributed by atoms with Crippen molar-refractivity contribution in [3.8, 4) is 5.75 Å². The highest BCUT2D eigenvalue weighted by molar-refractivity contribution is 9.10. The smallest absolute Gasteiger partial charge is 0.254 e. The van der Waals surface area contributed by atoms with Crippen LogP contribution < -0.4 is 10.1 Å². The van der Waals surface area contributed by atoms with Gasteiger partial charge in [-0.15, -0.1) is 0 Å². The van der Waals surface area contributed by atoms with Crippen molar-refractivity contribution < 1.29 is 9.53 Å². The molecular weight excluding hydrogens is 368 g/mol. The van der Waals surface area contributed by atoms with Crippen LogP contribution in [-0.2, 0) is 6.42 Å². The van der Waals surface area contributed by atoms with Crippen LogP contribution in [0.5, 0.6) is 5.75 Å². The molecule has 24 heavy (non-hydrogen) atoms. The number of aryl methyl sites for hydroxylation is 1. The molecule has 1 aromatic heterocycles. The van der Waals surface area contributed by atoms with E-state index in [1.54, 1.807) is 18.3 Å². The molecule has 0 saturated heterocycles. The van der Waals surface area contributed by atoms with Crippen LogP contribution in [0.4, 0.5) is 0 Å². The van der Waals surface area contributed by atoms with E-state index in [9.17, 15) is 4.79 Å². The maximum atomic E-state index is 12.2. The van der Waals surface area contributed by atoms with Crippen LogP contribution in [0.2, 0.25) is 0 Å². The van der Waals surface area contributed by atoms with Crippen LogP contribution >= 0.6 is 15.9 Å².